The van der Waals surface area contributed by atoms with Gasteiger partial charge in [0, 0.05) is 17.7 Å². The Labute approximate surface area is 177 Å². The van der Waals surface area contributed by atoms with Gasteiger partial charge in [-0.3, -0.25) is 19.3 Å². The Morgan fingerprint density at radius 3 is 2.40 bits per heavy atom. The second kappa shape index (κ2) is 9.38. The van der Waals surface area contributed by atoms with E-state index in [1.165, 1.54) is 18.3 Å². The molecule has 3 rings (SSSR count). The molecule has 2 aliphatic rings. The molecule has 0 saturated carbocycles. The molecule has 30 heavy (non-hydrogen) atoms. The number of amides is 3. The van der Waals surface area contributed by atoms with Gasteiger partial charge in [-0.1, -0.05) is 0 Å². The second-order valence-electron chi connectivity index (χ2n) is 7.12. The molecule has 1 atom stereocenters. The quantitative estimate of drug-likeness (QED) is 0.511. The van der Waals surface area contributed by atoms with Gasteiger partial charge in [-0.15, -0.1) is 11.3 Å². The van der Waals surface area contributed by atoms with Crippen LogP contribution in [0.4, 0.5) is 5.00 Å². The first-order valence-corrected chi connectivity index (χ1v) is 10.8. The Morgan fingerprint density at radius 2 is 1.73 bits per heavy atom. The highest BCUT2D eigenvalue weighted by molar-refractivity contribution is 7.17. The number of hydrogen-bond donors (Lipinski definition) is 1. The van der Waals surface area contributed by atoms with E-state index in [2.05, 4.69) is 5.32 Å². The van der Waals surface area contributed by atoms with Crippen LogP contribution < -0.4 is 5.32 Å². The fourth-order valence-corrected chi connectivity index (χ4v) is 4.92. The highest BCUT2D eigenvalue weighted by atomic mass is 32.1. The largest absolute Gasteiger partial charge is 0.462 e. The molecule has 1 aromatic rings. The fourth-order valence-electron chi connectivity index (χ4n) is 3.62. The van der Waals surface area contributed by atoms with Crippen LogP contribution in [0.2, 0.25) is 0 Å². The SMILES string of the molecule is CCOC(=O)c1c(NC(=O)COC(=O)[C@@H](C)N2C(=O)CCC2=O)sc2c1CCCC2. The molecule has 1 N–H and O–H groups in total. The van der Waals surface area contributed by atoms with Gasteiger partial charge in [0.1, 0.15) is 11.0 Å². The van der Waals surface area contributed by atoms with E-state index in [1.54, 1.807) is 6.92 Å². The summed E-state index contributed by atoms with van der Waals surface area (Å²) in [5.74, 6) is -2.80. The van der Waals surface area contributed by atoms with Gasteiger partial charge in [-0.05, 0) is 45.1 Å². The zero-order valence-electron chi connectivity index (χ0n) is 16.9. The third-order valence-electron chi connectivity index (χ3n) is 5.07. The summed E-state index contributed by atoms with van der Waals surface area (Å²) in [6.45, 7) is 2.73. The number of hydrogen-bond acceptors (Lipinski definition) is 8. The van der Waals surface area contributed by atoms with Crippen molar-refractivity contribution in [3.8, 4) is 0 Å². The number of nitrogens with one attached hydrogen (secondary N) is 1. The number of likely N-dealkylation sites (tertiary alicyclic amines) is 1. The second-order valence-corrected chi connectivity index (χ2v) is 8.23. The molecule has 1 saturated heterocycles. The molecule has 1 aromatic heterocycles. The van der Waals surface area contributed by atoms with E-state index in [4.69, 9.17) is 9.47 Å². The van der Waals surface area contributed by atoms with Crippen molar-refractivity contribution < 1.29 is 33.4 Å². The summed E-state index contributed by atoms with van der Waals surface area (Å²) in [6, 6.07) is -1.09. The van der Waals surface area contributed by atoms with Crippen LogP contribution in [0.25, 0.3) is 0 Å². The minimum absolute atomic E-state index is 0.0661. The predicted molar refractivity (Wildman–Crippen MR) is 107 cm³/mol. The van der Waals surface area contributed by atoms with Gasteiger partial charge in [0.05, 0.1) is 12.2 Å². The fraction of sp³-hybridized carbons (Fsp3) is 0.550. The Bertz CT molecular complexity index is 876. The summed E-state index contributed by atoms with van der Waals surface area (Å²) >= 11 is 1.34. The van der Waals surface area contributed by atoms with Gasteiger partial charge in [0.25, 0.3) is 5.91 Å². The molecule has 0 spiro atoms. The molecule has 0 bridgehead atoms. The molecule has 162 valence electrons. The van der Waals surface area contributed by atoms with Crippen LogP contribution in [0.1, 0.15) is 60.3 Å². The molecule has 1 fully saturated rings. The monoisotopic (exact) mass is 436 g/mol. The van der Waals surface area contributed by atoms with Gasteiger partial charge in [-0.25, -0.2) is 9.59 Å². The molecule has 0 aromatic carbocycles. The van der Waals surface area contributed by atoms with Crippen LogP contribution >= 0.6 is 11.3 Å². The van der Waals surface area contributed by atoms with E-state index in [0.717, 1.165) is 41.0 Å². The molecule has 9 nitrogen and oxygen atoms in total. The number of thiophene rings is 1. The summed E-state index contributed by atoms with van der Waals surface area (Å²) in [4.78, 5) is 62.3. The van der Waals surface area contributed by atoms with Crippen molar-refractivity contribution in [2.24, 2.45) is 0 Å². The minimum atomic E-state index is -1.09. The first kappa shape index (κ1) is 21.9. The molecule has 2 heterocycles. The molecule has 1 aliphatic heterocycles. The Hall–Kier alpha value is -2.75. The molecular weight excluding hydrogens is 412 g/mol. The summed E-state index contributed by atoms with van der Waals surface area (Å²) in [7, 11) is 0. The number of carbonyl (C=O) groups is 5. The average Bonchev–Trinajstić information content (AvgIpc) is 3.24. The Kier molecular flexibility index (Phi) is 6.86. The highest BCUT2D eigenvalue weighted by Crippen LogP contribution is 2.38. The van der Waals surface area contributed by atoms with Crippen LogP contribution in [0.15, 0.2) is 0 Å². The van der Waals surface area contributed by atoms with E-state index in [-0.39, 0.29) is 19.4 Å². The standard InChI is InChI=1S/C20H24N2O7S/c1-3-28-20(27)17-12-6-4-5-7-13(12)30-18(17)21-14(23)10-29-19(26)11(2)22-15(24)8-9-16(22)25/h11H,3-10H2,1-2H3,(H,21,23)/t11-/m1/s1. The first-order chi connectivity index (χ1) is 14.3. The maximum absolute atomic E-state index is 12.4. The number of imide groups is 1. The zero-order chi connectivity index (χ0) is 21.8. The number of esters is 2. The Morgan fingerprint density at radius 1 is 1.07 bits per heavy atom. The van der Waals surface area contributed by atoms with Crippen LogP contribution in [0.5, 0.6) is 0 Å². The van der Waals surface area contributed by atoms with Gasteiger partial charge < -0.3 is 14.8 Å². The van der Waals surface area contributed by atoms with E-state index in [0.29, 0.717) is 10.6 Å². The van der Waals surface area contributed by atoms with E-state index < -0.39 is 42.3 Å². The molecule has 1 aliphatic carbocycles. The van der Waals surface area contributed by atoms with Gasteiger partial charge >= 0.3 is 11.9 Å². The number of aryl methyl sites for hydroxylation is 1. The van der Waals surface area contributed by atoms with Crippen molar-refractivity contribution in [3.05, 3.63) is 16.0 Å². The molecule has 0 radical (unpaired) electrons. The topological polar surface area (TPSA) is 119 Å². The number of rotatable bonds is 7. The summed E-state index contributed by atoms with van der Waals surface area (Å²) in [5, 5.41) is 3.03. The van der Waals surface area contributed by atoms with Crippen molar-refractivity contribution in [1.82, 2.24) is 4.90 Å². The normalized spacial score (nSPS) is 16.8. The molecule has 10 heteroatoms. The summed E-state index contributed by atoms with van der Waals surface area (Å²) < 4.78 is 10.1. The Balaban J connectivity index is 1.64. The van der Waals surface area contributed by atoms with Crippen molar-refractivity contribution in [2.75, 3.05) is 18.5 Å². The van der Waals surface area contributed by atoms with Crippen LogP contribution in [-0.2, 0) is 41.5 Å². The van der Waals surface area contributed by atoms with E-state index >= 15 is 0 Å². The first-order valence-electron chi connectivity index (χ1n) is 9.96. The lowest BCUT2D eigenvalue weighted by Gasteiger charge is -2.20. The van der Waals surface area contributed by atoms with Crippen LogP contribution in [0, 0.1) is 0 Å². The molecular formula is C20H24N2O7S. The maximum atomic E-state index is 12.4. The van der Waals surface area contributed by atoms with Gasteiger partial charge in [0.15, 0.2) is 6.61 Å². The lowest BCUT2D eigenvalue weighted by molar-refractivity contribution is -0.158. The van der Waals surface area contributed by atoms with E-state index in [1.807, 2.05) is 0 Å². The van der Waals surface area contributed by atoms with Crippen LogP contribution in [0.3, 0.4) is 0 Å². The highest BCUT2D eigenvalue weighted by Gasteiger charge is 2.37. The molecule has 3 amide bonds. The van der Waals surface area contributed by atoms with E-state index in [9.17, 15) is 24.0 Å². The van der Waals surface area contributed by atoms with Crippen molar-refractivity contribution in [2.45, 2.75) is 58.4 Å². The van der Waals surface area contributed by atoms with Gasteiger partial charge in [0.2, 0.25) is 11.8 Å². The summed E-state index contributed by atoms with van der Waals surface area (Å²) in [6.07, 6.45) is 3.71. The third kappa shape index (κ3) is 4.53. The lowest BCUT2D eigenvalue weighted by Crippen LogP contribution is -2.43. The number of carbonyl (C=O) groups excluding carboxylic acids is 5. The predicted octanol–water partition coefficient (Wildman–Crippen LogP) is 1.82. The lowest BCUT2D eigenvalue weighted by atomic mass is 9.95. The van der Waals surface area contributed by atoms with Crippen LogP contribution in [-0.4, -0.2) is 53.8 Å². The number of ether oxygens (including phenoxy) is 2. The smallest absolute Gasteiger partial charge is 0.341 e. The van der Waals surface area contributed by atoms with Crippen molar-refractivity contribution >= 4 is 46.0 Å². The zero-order valence-corrected chi connectivity index (χ0v) is 17.8. The average molecular weight is 436 g/mol. The number of fused-ring (bicyclic) bond motifs is 1. The van der Waals surface area contributed by atoms with Crippen molar-refractivity contribution in [1.29, 1.82) is 0 Å². The number of nitrogens with zero attached hydrogens (tertiary/aromatic N) is 1. The summed E-state index contributed by atoms with van der Waals surface area (Å²) in [5.41, 5.74) is 1.29. The maximum Gasteiger partial charge on any atom is 0.341 e. The minimum Gasteiger partial charge on any atom is -0.462 e. The molecule has 0 unspecified atom stereocenters. The van der Waals surface area contributed by atoms with Crippen molar-refractivity contribution in [3.63, 3.8) is 0 Å². The third-order valence-corrected chi connectivity index (χ3v) is 6.28. The van der Waals surface area contributed by atoms with Gasteiger partial charge in [-0.2, -0.15) is 0 Å². The number of anilines is 1.